The quantitative estimate of drug-likeness (QED) is 0.630. The second kappa shape index (κ2) is 6.80. The number of aromatic hydroxyl groups is 3. The largest absolute Gasteiger partial charge is 0.508 e. The lowest BCUT2D eigenvalue weighted by Crippen LogP contribution is -2.21. The molecule has 2 heterocycles. The van der Waals surface area contributed by atoms with E-state index in [2.05, 4.69) is 10.2 Å². The molecule has 3 aromatic rings. The molecular formula is C21H22N4O4. The normalized spacial score (nSPS) is 13.2. The number of nitrogens with zero attached hydrogens (tertiary/aromatic N) is 4. The van der Waals surface area contributed by atoms with Crippen LogP contribution in [0.4, 0.5) is 0 Å². The summed E-state index contributed by atoms with van der Waals surface area (Å²) in [6, 6.07) is 8.21. The summed E-state index contributed by atoms with van der Waals surface area (Å²) >= 11 is 0. The van der Waals surface area contributed by atoms with Gasteiger partial charge in [-0.05, 0) is 40.8 Å². The zero-order valence-electron chi connectivity index (χ0n) is 16.4. The molecule has 2 aromatic carbocycles. The van der Waals surface area contributed by atoms with E-state index in [0.717, 1.165) is 11.1 Å². The summed E-state index contributed by atoms with van der Waals surface area (Å²) < 4.78 is 1.44. The molecule has 0 radical (unpaired) electrons. The fraction of sp³-hybridized carbons (Fsp3) is 0.286. The fourth-order valence-electron chi connectivity index (χ4n) is 3.67. The molecular weight excluding hydrogens is 372 g/mol. The molecule has 0 saturated carbocycles. The van der Waals surface area contributed by atoms with E-state index in [9.17, 15) is 20.1 Å². The van der Waals surface area contributed by atoms with Crippen molar-refractivity contribution in [1.29, 1.82) is 0 Å². The van der Waals surface area contributed by atoms with Crippen LogP contribution in [0.5, 0.6) is 17.5 Å². The van der Waals surface area contributed by atoms with Gasteiger partial charge in [-0.2, -0.15) is 0 Å². The summed E-state index contributed by atoms with van der Waals surface area (Å²) in [6.45, 7) is 6.45. The second-order valence-corrected chi connectivity index (χ2v) is 7.57. The van der Waals surface area contributed by atoms with E-state index in [4.69, 9.17) is 0 Å². The third-order valence-electron chi connectivity index (χ3n) is 5.27. The van der Waals surface area contributed by atoms with E-state index in [1.54, 1.807) is 11.0 Å². The van der Waals surface area contributed by atoms with Crippen molar-refractivity contribution in [2.24, 2.45) is 0 Å². The number of fused-ring (bicyclic) bond motifs is 1. The zero-order valence-corrected chi connectivity index (χ0v) is 16.4. The Bertz CT molecular complexity index is 1120. The maximum atomic E-state index is 11.7. The Balaban J connectivity index is 1.82. The highest BCUT2D eigenvalue weighted by atomic mass is 16.3. The summed E-state index contributed by atoms with van der Waals surface area (Å²) in [5.74, 6) is 0.119. The lowest BCUT2D eigenvalue weighted by Gasteiger charge is -2.14. The third kappa shape index (κ3) is 3.16. The maximum Gasteiger partial charge on any atom is 0.319 e. The van der Waals surface area contributed by atoms with Gasteiger partial charge in [0.2, 0.25) is 5.91 Å². The highest BCUT2D eigenvalue weighted by Crippen LogP contribution is 2.39. The number of carbonyl (C=O) groups excluding carboxylic acids is 1. The summed E-state index contributed by atoms with van der Waals surface area (Å²) in [7, 11) is 0. The molecule has 4 rings (SSSR count). The van der Waals surface area contributed by atoms with Crippen molar-refractivity contribution in [3.8, 4) is 34.6 Å². The predicted molar refractivity (Wildman–Crippen MR) is 106 cm³/mol. The van der Waals surface area contributed by atoms with Crippen molar-refractivity contribution in [3.05, 3.63) is 47.0 Å². The van der Waals surface area contributed by atoms with Crippen molar-refractivity contribution in [1.82, 2.24) is 19.7 Å². The van der Waals surface area contributed by atoms with Crippen LogP contribution in [0.3, 0.4) is 0 Å². The topological polar surface area (TPSA) is 112 Å². The van der Waals surface area contributed by atoms with Crippen LogP contribution < -0.4 is 0 Å². The van der Waals surface area contributed by atoms with Gasteiger partial charge in [-0.1, -0.05) is 25.0 Å². The van der Waals surface area contributed by atoms with E-state index in [1.165, 1.54) is 17.6 Å². The SMILES string of the molecule is CC(=O)N1Cc2ccc(-n3c(O)nnc3-c3cc(C(C)C)c(O)cc3O)cc2C1. The number of hydrogen-bond acceptors (Lipinski definition) is 6. The van der Waals surface area contributed by atoms with Gasteiger partial charge in [0.15, 0.2) is 5.82 Å². The Kier molecular flexibility index (Phi) is 4.41. The molecule has 1 aromatic heterocycles. The minimum Gasteiger partial charge on any atom is -0.508 e. The van der Waals surface area contributed by atoms with E-state index in [0.29, 0.717) is 29.9 Å². The molecule has 29 heavy (non-hydrogen) atoms. The van der Waals surface area contributed by atoms with Crippen molar-refractivity contribution >= 4 is 5.91 Å². The average Bonchev–Trinajstić information content (AvgIpc) is 3.24. The van der Waals surface area contributed by atoms with E-state index in [-0.39, 0.29) is 35.2 Å². The smallest absolute Gasteiger partial charge is 0.319 e. The van der Waals surface area contributed by atoms with E-state index >= 15 is 0 Å². The first-order chi connectivity index (χ1) is 13.8. The molecule has 0 bridgehead atoms. The Hall–Kier alpha value is -3.55. The van der Waals surface area contributed by atoms with E-state index in [1.807, 2.05) is 32.0 Å². The first-order valence-corrected chi connectivity index (χ1v) is 9.34. The van der Waals surface area contributed by atoms with Gasteiger partial charge in [0.1, 0.15) is 11.5 Å². The van der Waals surface area contributed by atoms with Crippen LogP contribution in [-0.4, -0.2) is 40.9 Å². The summed E-state index contributed by atoms with van der Waals surface area (Å²) in [5, 5.41) is 38.7. The summed E-state index contributed by atoms with van der Waals surface area (Å²) in [6.07, 6.45) is 0. The number of amides is 1. The van der Waals surface area contributed by atoms with Crippen LogP contribution in [0, 0.1) is 0 Å². The lowest BCUT2D eigenvalue weighted by atomic mass is 9.98. The predicted octanol–water partition coefficient (Wildman–Crippen LogP) is 3.04. The van der Waals surface area contributed by atoms with Gasteiger partial charge in [0.05, 0.1) is 11.3 Å². The van der Waals surface area contributed by atoms with Gasteiger partial charge in [0, 0.05) is 26.1 Å². The average molecular weight is 394 g/mol. The van der Waals surface area contributed by atoms with Crippen molar-refractivity contribution < 1.29 is 20.1 Å². The molecule has 0 aliphatic carbocycles. The molecule has 0 fully saturated rings. The minimum atomic E-state index is -0.319. The van der Waals surface area contributed by atoms with Crippen LogP contribution in [0.1, 0.15) is 43.4 Å². The Morgan fingerprint density at radius 3 is 2.41 bits per heavy atom. The van der Waals surface area contributed by atoms with Crippen molar-refractivity contribution in [2.75, 3.05) is 0 Å². The molecule has 0 unspecified atom stereocenters. The number of phenols is 2. The standard InChI is InChI=1S/C21H22N4O4/c1-11(2)16-7-17(19(28)8-18(16)27)20-22-23-21(29)25(20)15-5-4-13-9-24(12(3)26)10-14(13)6-15/h4-8,11,27-28H,9-10H2,1-3H3,(H,23,29). The van der Waals surface area contributed by atoms with Crippen LogP contribution in [-0.2, 0) is 17.9 Å². The second-order valence-electron chi connectivity index (χ2n) is 7.57. The molecule has 1 amide bonds. The molecule has 0 atom stereocenters. The van der Waals surface area contributed by atoms with Gasteiger partial charge in [-0.3, -0.25) is 4.79 Å². The van der Waals surface area contributed by atoms with Gasteiger partial charge in [-0.15, -0.1) is 5.10 Å². The monoisotopic (exact) mass is 394 g/mol. The zero-order chi connectivity index (χ0) is 20.9. The number of aromatic nitrogens is 3. The van der Waals surface area contributed by atoms with Crippen LogP contribution >= 0.6 is 0 Å². The molecule has 1 aliphatic rings. The van der Waals surface area contributed by atoms with Gasteiger partial charge in [0.25, 0.3) is 0 Å². The molecule has 8 heteroatoms. The summed E-state index contributed by atoms with van der Waals surface area (Å²) in [5.41, 5.74) is 3.65. The van der Waals surface area contributed by atoms with Crippen LogP contribution in [0.15, 0.2) is 30.3 Å². The highest BCUT2D eigenvalue weighted by Gasteiger charge is 2.24. The number of phenolic OH excluding ortho intramolecular Hbond substituents is 2. The molecule has 150 valence electrons. The van der Waals surface area contributed by atoms with Gasteiger partial charge >= 0.3 is 6.01 Å². The van der Waals surface area contributed by atoms with Crippen LogP contribution in [0.25, 0.3) is 17.1 Å². The Morgan fingerprint density at radius 2 is 1.72 bits per heavy atom. The Labute approximate surface area is 167 Å². The molecule has 1 aliphatic heterocycles. The molecule has 0 saturated heterocycles. The van der Waals surface area contributed by atoms with E-state index < -0.39 is 0 Å². The molecule has 8 nitrogen and oxygen atoms in total. The fourth-order valence-corrected chi connectivity index (χ4v) is 3.67. The number of carbonyl (C=O) groups is 1. The number of rotatable bonds is 3. The molecule has 3 N–H and O–H groups in total. The van der Waals surface area contributed by atoms with Gasteiger partial charge in [-0.25, -0.2) is 4.57 Å². The molecule has 0 spiro atoms. The minimum absolute atomic E-state index is 0.00149. The first-order valence-electron chi connectivity index (χ1n) is 9.34. The lowest BCUT2D eigenvalue weighted by molar-refractivity contribution is -0.129. The summed E-state index contributed by atoms with van der Waals surface area (Å²) in [4.78, 5) is 13.4. The van der Waals surface area contributed by atoms with Crippen molar-refractivity contribution in [3.63, 3.8) is 0 Å². The third-order valence-corrected chi connectivity index (χ3v) is 5.27. The number of hydrogen-bond donors (Lipinski definition) is 3. The Morgan fingerprint density at radius 1 is 1.00 bits per heavy atom. The highest BCUT2D eigenvalue weighted by molar-refractivity contribution is 5.74. The van der Waals surface area contributed by atoms with Crippen LogP contribution in [0.2, 0.25) is 0 Å². The number of benzene rings is 2. The van der Waals surface area contributed by atoms with Gasteiger partial charge < -0.3 is 20.2 Å². The maximum absolute atomic E-state index is 11.7. The first kappa shape index (κ1) is 18.8. The van der Waals surface area contributed by atoms with Crippen molar-refractivity contribution in [2.45, 2.75) is 39.8 Å².